The SMILES string of the molecule is CCNc1ccc(C(=O)OC)cc1N/N=C(\C#N)C(=N)N. The third-order valence-electron chi connectivity index (χ3n) is 2.46. The third-order valence-corrected chi connectivity index (χ3v) is 2.46. The molecule has 0 unspecified atom stereocenters. The van der Waals surface area contributed by atoms with Crippen LogP contribution in [0.2, 0.25) is 0 Å². The summed E-state index contributed by atoms with van der Waals surface area (Å²) in [4.78, 5) is 11.5. The Labute approximate surface area is 122 Å². The van der Waals surface area contributed by atoms with Crippen LogP contribution in [0.5, 0.6) is 0 Å². The van der Waals surface area contributed by atoms with Crippen LogP contribution < -0.4 is 16.5 Å². The number of benzene rings is 1. The van der Waals surface area contributed by atoms with Crippen molar-refractivity contribution in [3.63, 3.8) is 0 Å². The molecule has 1 rings (SSSR count). The van der Waals surface area contributed by atoms with Crippen molar-refractivity contribution in [2.24, 2.45) is 10.8 Å². The first kappa shape index (κ1) is 16.0. The molecule has 21 heavy (non-hydrogen) atoms. The summed E-state index contributed by atoms with van der Waals surface area (Å²) in [7, 11) is 1.29. The fourth-order valence-electron chi connectivity index (χ4n) is 1.49. The molecule has 0 amide bonds. The van der Waals surface area contributed by atoms with Crippen LogP contribution in [-0.2, 0) is 4.74 Å². The van der Waals surface area contributed by atoms with Crippen LogP contribution in [0.4, 0.5) is 11.4 Å². The molecule has 0 radical (unpaired) electrons. The molecule has 8 nitrogen and oxygen atoms in total. The highest BCUT2D eigenvalue weighted by molar-refractivity contribution is 6.45. The van der Waals surface area contributed by atoms with Crippen LogP contribution in [0.3, 0.4) is 0 Å². The van der Waals surface area contributed by atoms with Crippen LogP contribution >= 0.6 is 0 Å². The molecule has 110 valence electrons. The number of hydrogen-bond donors (Lipinski definition) is 4. The zero-order valence-corrected chi connectivity index (χ0v) is 11.7. The number of esters is 1. The van der Waals surface area contributed by atoms with Crippen LogP contribution in [-0.4, -0.2) is 31.2 Å². The van der Waals surface area contributed by atoms with E-state index in [-0.39, 0.29) is 5.71 Å². The van der Waals surface area contributed by atoms with E-state index in [9.17, 15) is 4.79 Å². The highest BCUT2D eigenvalue weighted by Crippen LogP contribution is 2.23. The average Bonchev–Trinajstić information content (AvgIpc) is 2.48. The minimum Gasteiger partial charge on any atom is -0.465 e. The molecule has 0 saturated heterocycles. The molecule has 8 heteroatoms. The highest BCUT2D eigenvalue weighted by atomic mass is 16.5. The zero-order chi connectivity index (χ0) is 15.8. The van der Waals surface area contributed by atoms with Gasteiger partial charge in [-0.05, 0) is 25.1 Å². The molecule has 0 heterocycles. The molecule has 1 aromatic carbocycles. The number of rotatable bonds is 6. The van der Waals surface area contributed by atoms with Crippen molar-refractivity contribution >= 4 is 28.9 Å². The van der Waals surface area contributed by atoms with E-state index in [0.717, 1.165) is 0 Å². The van der Waals surface area contributed by atoms with Gasteiger partial charge < -0.3 is 15.8 Å². The number of nitrogens with two attached hydrogens (primary N) is 1. The maximum Gasteiger partial charge on any atom is 0.337 e. The first-order valence-electron chi connectivity index (χ1n) is 6.07. The quantitative estimate of drug-likeness (QED) is 0.268. The standard InChI is InChI=1S/C13H16N6O2/c1-3-17-9-5-4-8(13(20)21-2)6-10(9)18-19-11(7-14)12(15)16/h4-6,17-18H,3H2,1-2H3,(H3,15,16)/b19-11+. The lowest BCUT2D eigenvalue weighted by Crippen LogP contribution is -2.22. The normalized spacial score (nSPS) is 10.4. The van der Waals surface area contributed by atoms with Gasteiger partial charge in [0, 0.05) is 6.54 Å². The molecule has 0 saturated carbocycles. The molecule has 0 bridgehead atoms. The number of methoxy groups -OCH3 is 1. The number of anilines is 2. The molecule has 0 fully saturated rings. The van der Waals surface area contributed by atoms with Crippen molar-refractivity contribution in [2.75, 3.05) is 24.4 Å². The van der Waals surface area contributed by atoms with E-state index < -0.39 is 11.8 Å². The second-order valence-electron chi connectivity index (χ2n) is 3.88. The lowest BCUT2D eigenvalue weighted by atomic mass is 10.1. The number of hydrogen-bond acceptors (Lipinski definition) is 7. The molecule has 0 aliphatic heterocycles. The summed E-state index contributed by atoms with van der Waals surface area (Å²) in [5.74, 6) is -0.934. The predicted molar refractivity (Wildman–Crippen MR) is 80.5 cm³/mol. The number of carbonyl (C=O) groups is 1. The summed E-state index contributed by atoms with van der Waals surface area (Å²) in [5, 5.41) is 22.8. The lowest BCUT2D eigenvalue weighted by Gasteiger charge is -2.11. The molecular formula is C13H16N6O2. The third kappa shape index (κ3) is 4.21. The Morgan fingerprint density at radius 1 is 1.52 bits per heavy atom. The minimum atomic E-state index is -0.489. The Balaban J connectivity index is 3.15. The minimum absolute atomic E-state index is 0.249. The first-order chi connectivity index (χ1) is 10.0. The van der Waals surface area contributed by atoms with Crippen molar-refractivity contribution < 1.29 is 9.53 Å². The van der Waals surface area contributed by atoms with Gasteiger partial charge in [0.1, 0.15) is 6.07 Å². The van der Waals surface area contributed by atoms with Gasteiger partial charge >= 0.3 is 5.97 Å². The number of hydrazone groups is 1. The summed E-state index contributed by atoms with van der Waals surface area (Å²) in [5.41, 5.74) is 9.07. The van der Waals surface area contributed by atoms with Gasteiger partial charge in [0.2, 0.25) is 5.71 Å². The second-order valence-corrected chi connectivity index (χ2v) is 3.88. The van der Waals surface area contributed by atoms with Crippen LogP contribution in [0.1, 0.15) is 17.3 Å². The first-order valence-corrected chi connectivity index (χ1v) is 6.07. The highest BCUT2D eigenvalue weighted by Gasteiger charge is 2.10. The van der Waals surface area contributed by atoms with E-state index in [4.69, 9.17) is 16.4 Å². The Hall–Kier alpha value is -3.08. The zero-order valence-electron chi connectivity index (χ0n) is 11.7. The molecule has 5 N–H and O–H groups in total. The molecule has 0 aliphatic rings. The van der Waals surface area contributed by atoms with Crippen LogP contribution in [0.25, 0.3) is 0 Å². The number of nitrogens with zero attached hydrogens (tertiary/aromatic N) is 2. The molecule has 0 spiro atoms. The predicted octanol–water partition coefficient (Wildman–Crippen LogP) is 1.13. The van der Waals surface area contributed by atoms with E-state index in [2.05, 4.69) is 20.6 Å². The van der Waals surface area contributed by atoms with Crippen molar-refractivity contribution in [1.29, 1.82) is 10.7 Å². The van der Waals surface area contributed by atoms with E-state index >= 15 is 0 Å². The second kappa shape index (κ2) is 7.49. The summed E-state index contributed by atoms with van der Waals surface area (Å²) >= 11 is 0. The van der Waals surface area contributed by atoms with Crippen LogP contribution in [0, 0.1) is 16.7 Å². The Kier molecular flexibility index (Phi) is 5.70. The maximum absolute atomic E-state index is 11.5. The van der Waals surface area contributed by atoms with E-state index in [0.29, 0.717) is 23.5 Å². The van der Waals surface area contributed by atoms with Gasteiger partial charge in [-0.1, -0.05) is 0 Å². The topological polar surface area (TPSA) is 136 Å². The van der Waals surface area contributed by atoms with Gasteiger partial charge in [-0.2, -0.15) is 10.4 Å². The molecule has 0 aromatic heterocycles. The average molecular weight is 288 g/mol. The van der Waals surface area contributed by atoms with Crippen LogP contribution in [0.15, 0.2) is 23.3 Å². The Morgan fingerprint density at radius 2 is 2.24 bits per heavy atom. The summed E-state index contributed by atoms with van der Waals surface area (Å²) in [6.45, 7) is 2.57. The molecular weight excluding hydrogens is 272 g/mol. The van der Waals surface area contributed by atoms with Crippen molar-refractivity contribution in [1.82, 2.24) is 0 Å². The van der Waals surface area contributed by atoms with E-state index in [1.165, 1.54) is 13.2 Å². The summed E-state index contributed by atoms with van der Waals surface area (Å²) < 4.78 is 4.65. The number of carbonyl (C=O) groups excluding carboxylic acids is 1. The monoisotopic (exact) mass is 288 g/mol. The van der Waals surface area contributed by atoms with Gasteiger partial charge in [0.25, 0.3) is 0 Å². The van der Waals surface area contributed by atoms with Crippen molar-refractivity contribution in [2.45, 2.75) is 6.92 Å². The Morgan fingerprint density at radius 3 is 2.76 bits per heavy atom. The molecule has 1 aromatic rings. The molecule has 0 atom stereocenters. The van der Waals surface area contributed by atoms with Gasteiger partial charge in [0.15, 0.2) is 5.84 Å². The summed E-state index contributed by atoms with van der Waals surface area (Å²) in [6.07, 6.45) is 0. The number of nitriles is 1. The van der Waals surface area contributed by atoms with Gasteiger partial charge in [-0.25, -0.2) is 4.79 Å². The number of ether oxygens (including phenoxy) is 1. The fraction of sp³-hybridized carbons (Fsp3) is 0.231. The molecule has 0 aliphatic carbocycles. The van der Waals surface area contributed by atoms with Gasteiger partial charge in [-0.15, -0.1) is 0 Å². The largest absolute Gasteiger partial charge is 0.465 e. The number of amidine groups is 1. The number of nitrogens with one attached hydrogen (secondary N) is 3. The summed E-state index contributed by atoms with van der Waals surface area (Å²) in [6, 6.07) is 6.52. The van der Waals surface area contributed by atoms with Gasteiger partial charge in [-0.3, -0.25) is 10.8 Å². The van der Waals surface area contributed by atoms with E-state index in [1.54, 1.807) is 18.2 Å². The Bertz CT molecular complexity index is 618. The van der Waals surface area contributed by atoms with E-state index in [1.807, 2.05) is 6.92 Å². The fourth-order valence-corrected chi connectivity index (χ4v) is 1.49. The van der Waals surface area contributed by atoms with Gasteiger partial charge in [0.05, 0.1) is 24.0 Å². The van der Waals surface area contributed by atoms with Crippen molar-refractivity contribution in [3.8, 4) is 6.07 Å². The van der Waals surface area contributed by atoms with Crippen molar-refractivity contribution in [3.05, 3.63) is 23.8 Å². The lowest BCUT2D eigenvalue weighted by molar-refractivity contribution is 0.0601. The maximum atomic E-state index is 11.5. The smallest absolute Gasteiger partial charge is 0.337 e.